The standard InChI is InChI=1S/C14H17F2NO3/c1-19-13-7-17(8-14(13)20-2)6-12(18)9-3-4-10(15)11(16)5-9/h3-5,13-14H,6-8H2,1-2H3. The Morgan fingerprint density at radius 3 is 2.30 bits per heavy atom. The van der Waals surface area contributed by atoms with Crippen LogP contribution < -0.4 is 0 Å². The highest BCUT2D eigenvalue weighted by Crippen LogP contribution is 2.17. The fourth-order valence-electron chi connectivity index (χ4n) is 2.36. The van der Waals surface area contributed by atoms with Gasteiger partial charge in [0.15, 0.2) is 17.4 Å². The summed E-state index contributed by atoms with van der Waals surface area (Å²) in [7, 11) is 3.19. The largest absolute Gasteiger partial charge is 0.377 e. The maximum atomic E-state index is 13.1. The van der Waals surface area contributed by atoms with Gasteiger partial charge in [-0.15, -0.1) is 0 Å². The third-order valence-electron chi connectivity index (χ3n) is 3.51. The number of benzene rings is 1. The average Bonchev–Trinajstić information content (AvgIpc) is 2.83. The number of nitrogens with zero attached hydrogens (tertiary/aromatic N) is 1. The van der Waals surface area contributed by atoms with Gasteiger partial charge in [-0.3, -0.25) is 9.69 Å². The second kappa shape index (κ2) is 6.39. The van der Waals surface area contributed by atoms with Crippen molar-refractivity contribution >= 4 is 5.78 Å². The Bertz CT molecular complexity index is 483. The Morgan fingerprint density at radius 2 is 1.80 bits per heavy atom. The van der Waals surface area contributed by atoms with E-state index in [2.05, 4.69) is 0 Å². The average molecular weight is 285 g/mol. The van der Waals surface area contributed by atoms with Gasteiger partial charge in [-0.1, -0.05) is 0 Å². The lowest BCUT2D eigenvalue weighted by molar-refractivity contribution is -0.00461. The van der Waals surface area contributed by atoms with Crippen LogP contribution in [0.15, 0.2) is 18.2 Å². The van der Waals surface area contributed by atoms with Gasteiger partial charge in [0, 0.05) is 32.9 Å². The minimum absolute atomic E-state index is 0.0854. The molecule has 20 heavy (non-hydrogen) atoms. The highest BCUT2D eigenvalue weighted by molar-refractivity contribution is 5.97. The van der Waals surface area contributed by atoms with Crippen molar-refractivity contribution in [3.8, 4) is 0 Å². The monoisotopic (exact) mass is 285 g/mol. The summed E-state index contributed by atoms with van der Waals surface area (Å²) < 4.78 is 36.5. The summed E-state index contributed by atoms with van der Waals surface area (Å²) >= 11 is 0. The van der Waals surface area contributed by atoms with Crippen molar-refractivity contribution in [2.45, 2.75) is 12.2 Å². The van der Waals surface area contributed by atoms with Gasteiger partial charge < -0.3 is 9.47 Å². The van der Waals surface area contributed by atoms with Crippen molar-refractivity contribution in [1.82, 2.24) is 4.90 Å². The summed E-state index contributed by atoms with van der Waals surface area (Å²) in [4.78, 5) is 13.9. The van der Waals surface area contributed by atoms with Gasteiger partial charge in [-0.25, -0.2) is 8.78 Å². The molecular weight excluding hydrogens is 268 g/mol. The number of hydrogen-bond acceptors (Lipinski definition) is 4. The first kappa shape index (κ1) is 15.0. The first-order chi connectivity index (χ1) is 9.55. The van der Waals surface area contributed by atoms with Crippen molar-refractivity contribution in [3.63, 3.8) is 0 Å². The Kier molecular flexibility index (Phi) is 4.80. The number of rotatable bonds is 5. The molecule has 0 spiro atoms. The molecule has 6 heteroatoms. The van der Waals surface area contributed by atoms with E-state index >= 15 is 0 Å². The SMILES string of the molecule is COC1CN(CC(=O)c2ccc(F)c(F)c2)CC1OC. The van der Waals surface area contributed by atoms with Gasteiger partial charge in [0.2, 0.25) is 0 Å². The number of hydrogen-bond donors (Lipinski definition) is 0. The maximum Gasteiger partial charge on any atom is 0.176 e. The van der Waals surface area contributed by atoms with Crippen LogP contribution >= 0.6 is 0 Å². The molecule has 2 rings (SSSR count). The molecule has 1 fully saturated rings. The molecule has 0 aromatic heterocycles. The van der Waals surface area contributed by atoms with E-state index in [0.717, 1.165) is 12.1 Å². The molecule has 1 saturated heterocycles. The van der Waals surface area contributed by atoms with Crippen molar-refractivity contribution in [1.29, 1.82) is 0 Å². The molecule has 0 saturated carbocycles. The molecular formula is C14H17F2NO3. The third-order valence-corrected chi connectivity index (χ3v) is 3.51. The third kappa shape index (κ3) is 3.20. The summed E-state index contributed by atoms with van der Waals surface area (Å²) in [6.07, 6.45) is -0.171. The summed E-state index contributed by atoms with van der Waals surface area (Å²) in [5, 5.41) is 0. The van der Waals surface area contributed by atoms with E-state index in [1.807, 2.05) is 4.90 Å². The van der Waals surface area contributed by atoms with E-state index in [4.69, 9.17) is 9.47 Å². The quantitative estimate of drug-likeness (QED) is 0.768. The van der Waals surface area contributed by atoms with Crippen molar-refractivity contribution in [3.05, 3.63) is 35.4 Å². The maximum absolute atomic E-state index is 13.1. The van der Waals surface area contributed by atoms with Crippen molar-refractivity contribution in [2.75, 3.05) is 33.9 Å². The number of Topliss-reactive ketones (excluding diaryl/α,β-unsaturated/α-hetero) is 1. The van der Waals surface area contributed by atoms with Crippen LogP contribution in [-0.4, -0.2) is 56.7 Å². The summed E-state index contributed by atoms with van der Waals surface area (Å²) in [5.74, 6) is -2.22. The van der Waals surface area contributed by atoms with E-state index in [1.54, 1.807) is 14.2 Å². The first-order valence-electron chi connectivity index (χ1n) is 6.31. The van der Waals surface area contributed by atoms with Crippen LogP contribution in [-0.2, 0) is 9.47 Å². The van der Waals surface area contributed by atoms with Gasteiger partial charge in [-0.2, -0.15) is 0 Å². The number of carbonyl (C=O) groups excluding carboxylic acids is 1. The molecule has 0 N–H and O–H groups in total. The van der Waals surface area contributed by atoms with Gasteiger partial charge in [0.05, 0.1) is 18.8 Å². The number of halogens is 2. The Labute approximate surface area is 116 Å². The second-order valence-corrected chi connectivity index (χ2v) is 4.79. The van der Waals surface area contributed by atoms with Crippen LogP contribution in [0.3, 0.4) is 0 Å². The summed E-state index contributed by atoms with van der Waals surface area (Å²) in [6, 6.07) is 3.18. The number of likely N-dealkylation sites (tertiary alicyclic amines) is 1. The topological polar surface area (TPSA) is 38.8 Å². The van der Waals surface area contributed by atoms with Crippen LogP contribution in [0.25, 0.3) is 0 Å². The molecule has 0 amide bonds. The predicted octanol–water partition coefficient (Wildman–Crippen LogP) is 1.49. The van der Waals surface area contributed by atoms with E-state index < -0.39 is 11.6 Å². The highest BCUT2D eigenvalue weighted by atomic mass is 19.2. The molecule has 1 aliphatic rings. The van der Waals surface area contributed by atoms with E-state index in [0.29, 0.717) is 13.1 Å². The zero-order chi connectivity index (χ0) is 14.7. The smallest absolute Gasteiger partial charge is 0.176 e. The van der Waals surface area contributed by atoms with Crippen molar-refractivity contribution < 1.29 is 23.0 Å². The van der Waals surface area contributed by atoms with Gasteiger partial charge in [0.1, 0.15) is 0 Å². The molecule has 0 radical (unpaired) electrons. The summed E-state index contributed by atoms with van der Waals surface area (Å²) in [6.45, 7) is 1.28. The van der Waals surface area contributed by atoms with E-state index in [9.17, 15) is 13.6 Å². The van der Waals surface area contributed by atoms with Gasteiger partial charge in [-0.05, 0) is 18.2 Å². The molecule has 4 nitrogen and oxygen atoms in total. The fraction of sp³-hybridized carbons (Fsp3) is 0.500. The molecule has 0 aliphatic carbocycles. The highest BCUT2D eigenvalue weighted by Gasteiger charge is 2.33. The minimum atomic E-state index is -1.01. The van der Waals surface area contributed by atoms with E-state index in [1.165, 1.54) is 6.07 Å². The van der Waals surface area contributed by atoms with Crippen LogP contribution in [0, 0.1) is 11.6 Å². The normalized spacial score (nSPS) is 23.2. The van der Waals surface area contributed by atoms with Gasteiger partial charge in [0.25, 0.3) is 0 Å². The zero-order valence-corrected chi connectivity index (χ0v) is 11.4. The van der Waals surface area contributed by atoms with E-state index in [-0.39, 0.29) is 30.1 Å². The lowest BCUT2D eigenvalue weighted by Gasteiger charge is -2.14. The van der Waals surface area contributed by atoms with Crippen LogP contribution in [0.5, 0.6) is 0 Å². The van der Waals surface area contributed by atoms with Crippen LogP contribution in [0.2, 0.25) is 0 Å². The Balaban J connectivity index is 2.00. The first-order valence-corrected chi connectivity index (χ1v) is 6.31. The minimum Gasteiger partial charge on any atom is -0.377 e. The van der Waals surface area contributed by atoms with Crippen molar-refractivity contribution in [2.24, 2.45) is 0 Å². The molecule has 2 unspecified atom stereocenters. The van der Waals surface area contributed by atoms with Gasteiger partial charge >= 0.3 is 0 Å². The molecule has 1 aromatic carbocycles. The Hall–Kier alpha value is -1.37. The second-order valence-electron chi connectivity index (χ2n) is 4.79. The van der Waals surface area contributed by atoms with Crippen LogP contribution in [0.4, 0.5) is 8.78 Å². The Morgan fingerprint density at radius 1 is 1.20 bits per heavy atom. The number of ether oxygens (including phenoxy) is 2. The molecule has 2 atom stereocenters. The summed E-state index contributed by atoms with van der Waals surface area (Å²) in [5.41, 5.74) is 0.165. The molecule has 1 aromatic rings. The fourth-order valence-corrected chi connectivity index (χ4v) is 2.36. The molecule has 1 aliphatic heterocycles. The number of ketones is 1. The predicted molar refractivity (Wildman–Crippen MR) is 68.7 cm³/mol. The number of methoxy groups -OCH3 is 2. The van der Waals surface area contributed by atoms with Crippen LogP contribution in [0.1, 0.15) is 10.4 Å². The molecule has 110 valence electrons. The number of carbonyl (C=O) groups is 1. The molecule has 1 heterocycles. The zero-order valence-electron chi connectivity index (χ0n) is 11.4. The lowest BCUT2D eigenvalue weighted by Crippen LogP contribution is -2.29. The molecule has 0 bridgehead atoms. The lowest BCUT2D eigenvalue weighted by atomic mass is 10.1.